The van der Waals surface area contributed by atoms with Crippen LogP contribution in [-0.2, 0) is 22.7 Å². The lowest BCUT2D eigenvalue weighted by Gasteiger charge is -2.21. The molecular formula is C15H23NO2S. The number of rotatable bonds is 5. The van der Waals surface area contributed by atoms with Crippen molar-refractivity contribution in [1.29, 1.82) is 0 Å². The molecule has 3 nitrogen and oxygen atoms in total. The van der Waals surface area contributed by atoms with E-state index in [1.807, 2.05) is 0 Å². The van der Waals surface area contributed by atoms with E-state index >= 15 is 0 Å². The van der Waals surface area contributed by atoms with Crippen LogP contribution >= 0.6 is 0 Å². The molecule has 106 valence electrons. The van der Waals surface area contributed by atoms with Crippen LogP contribution in [0, 0.1) is 11.8 Å². The van der Waals surface area contributed by atoms with Crippen molar-refractivity contribution in [3.05, 3.63) is 35.4 Å². The lowest BCUT2D eigenvalue weighted by atomic mass is 9.86. The van der Waals surface area contributed by atoms with Crippen molar-refractivity contribution in [1.82, 2.24) is 0 Å². The number of sulfone groups is 1. The molecule has 19 heavy (non-hydrogen) atoms. The minimum atomic E-state index is -2.81. The van der Waals surface area contributed by atoms with E-state index in [1.165, 1.54) is 11.1 Å². The molecule has 2 rings (SSSR count). The van der Waals surface area contributed by atoms with Gasteiger partial charge in [0, 0.05) is 0 Å². The maximum atomic E-state index is 11.6. The van der Waals surface area contributed by atoms with Crippen LogP contribution in [0.1, 0.15) is 24.5 Å². The Morgan fingerprint density at radius 3 is 2.37 bits per heavy atom. The van der Waals surface area contributed by atoms with Gasteiger partial charge in [0.2, 0.25) is 0 Å². The van der Waals surface area contributed by atoms with E-state index in [2.05, 4.69) is 31.2 Å². The first-order valence-corrected chi connectivity index (χ1v) is 8.84. The second-order valence-corrected chi connectivity index (χ2v) is 7.76. The molecule has 0 spiro atoms. The molecule has 1 fully saturated rings. The fraction of sp³-hybridized carbons (Fsp3) is 0.600. The molecule has 2 atom stereocenters. The van der Waals surface area contributed by atoms with Gasteiger partial charge in [0.05, 0.1) is 11.5 Å². The van der Waals surface area contributed by atoms with Gasteiger partial charge in [0.15, 0.2) is 9.84 Å². The average Bonchev–Trinajstić information content (AvgIpc) is 2.77. The van der Waals surface area contributed by atoms with E-state index in [1.54, 1.807) is 0 Å². The fourth-order valence-electron chi connectivity index (χ4n) is 2.85. The van der Waals surface area contributed by atoms with Crippen molar-refractivity contribution < 1.29 is 8.42 Å². The largest absolute Gasteiger partial charge is 0.330 e. The Hall–Kier alpha value is -0.870. The summed E-state index contributed by atoms with van der Waals surface area (Å²) < 4.78 is 23.1. The molecule has 1 saturated heterocycles. The van der Waals surface area contributed by atoms with Crippen LogP contribution in [0.3, 0.4) is 0 Å². The summed E-state index contributed by atoms with van der Waals surface area (Å²) in [4.78, 5) is 0. The molecule has 1 aromatic carbocycles. The van der Waals surface area contributed by atoms with E-state index in [0.717, 1.165) is 19.3 Å². The lowest BCUT2D eigenvalue weighted by molar-refractivity contribution is 0.370. The van der Waals surface area contributed by atoms with Gasteiger partial charge in [-0.25, -0.2) is 8.42 Å². The Kier molecular flexibility index (Phi) is 4.63. The normalized spacial score (nSPS) is 23.4. The molecule has 1 heterocycles. The summed E-state index contributed by atoms with van der Waals surface area (Å²) in [6.07, 6.45) is 2.71. The van der Waals surface area contributed by atoms with Gasteiger partial charge in [0.25, 0.3) is 0 Å². The molecule has 1 aliphatic heterocycles. The number of aryl methyl sites for hydroxylation is 1. The van der Waals surface area contributed by atoms with Gasteiger partial charge in [-0.3, -0.25) is 0 Å². The Morgan fingerprint density at radius 2 is 1.89 bits per heavy atom. The molecule has 2 unspecified atom stereocenters. The molecule has 0 radical (unpaired) electrons. The Bertz CT molecular complexity index is 507. The third kappa shape index (κ3) is 3.80. The highest BCUT2D eigenvalue weighted by Gasteiger charge is 2.32. The van der Waals surface area contributed by atoms with Gasteiger partial charge in [-0.05, 0) is 48.8 Å². The number of benzene rings is 1. The third-order valence-corrected chi connectivity index (χ3v) is 5.96. The summed E-state index contributed by atoms with van der Waals surface area (Å²) in [7, 11) is -2.81. The Labute approximate surface area is 116 Å². The standard InChI is InChI=1S/C15H23NO2S/c1-2-12-3-5-13(6-4-12)9-15(10-16)14-7-8-19(17,18)11-14/h3-6,14-15H,2,7-11,16H2,1H3. The van der Waals surface area contributed by atoms with E-state index in [0.29, 0.717) is 18.1 Å². The van der Waals surface area contributed by atoms with Gasteiger partial charge in [0.1, 0.15) is 0 Å². The van der Waals surface area contributed by atoms with Crippen molar-refractivity contribution >= 4 is 9.84 Å². The smallest absolute Gasteiger partial charge is 0.150 e. The van der Waals surface area contributed by atoms with Crippen LogP contribution in [0.25, 0.3) is 0 Å². The molecule has 0 bridgehead atoms. The summed E-state index contributed by atoms with van der Waals surface area (Å²) in [5.74, 6) is 1.18. The highest BCUT2D eigenvalue weighted by Crippen LogP contribution is 2.28. The Balaban J connectivity index is 2.02. The highest BCUT2D eigenvalue weighted by molar-refractivity contribution is 7.91. The first kappa shape index (κ1) is 14.5. The quantitative estimate of drug-likeness (QED) is 0.895. The molecule has 0 aliphatic carbocycles. The van der Waals surface area contributed by atoms with Gasteiger partial charge in [-0.1, -0.05) is 31.2 Å². The maximum Gasteiger partial charge on any atom is 0.150 e. The monoisotopic (exact) mass is 281 g/mol. The fourth-order valence-corrected chi connectivity index (χ4v) is 4.77. The molecule has 2 N–H and O–H groups in total. The van der Waals surface area contributed by atoms with Gasteiger partial charge < -0.3 is 5.73 Å². The van der Waals surface area contributed by atoms with Crippen LogP contribution in [0.2, 0.25) is 0 Å². The number of hydrogen-bond donors (Lipinski definition) is 1. The topological polar surface area (TPSA) is 60.2 Å². The minimum Gasteiger partial charge on any atom is -0.330 e. The molecule has 0 amide bonds. The number of hydrogen-bond acceptors (Lipinski definition) is 3. The van der Waals surface area contributed by atoms with E-state index in [4.69, 9.17) is 5.73 Å². The van der Waals surface area contributed by atoms with Crippen molar-refractivity contribution in [2.45, 2.75) is 26.2 Å². The zero-order valence-corrected chi connectivity index (χ0v) is 12.3. The van der Waals surface area contributed by atoms with Crippen molar-refractivity contribution in [2.75, 3.05) is 18.1 Å². The van der Waals surface area contributed by atoms with Crippen molar-refractivity contribution in [3.8, 4) is 0 Å². The van der Waals surface area contributed by atoms with Crippen LogP contribution in [0.15, 0.2) is 24.3 Å². The van der Waals surface area contributed by atoms with Crippen LogP contribution in [-0.4, -0.2) is 26.5 Å². The molecule has 0 saturated carbocycles. The maximum absolute atomic E-state index is 11.6. The summed E-state index contributed by atoms with van der Waals surface area (Å²) in [6.45, 7) is 2.71. The predicted molar refractivity (Wildman–Crippen MR) is 78.8 cm³/mol. The van der Waals surface area contributed by atoms with Gasteiger partial charge >= 0.3 is 0 Å². The summed E-state index contributed by atoms with van der Waals surface area (Å²) in [6, 6.07) is 8.58. The molecule has 4 heteroatoms. The summed E-state index contributed by atoms with van der Waals surface area (Å²) in [5.41, 5.74) is 8.44. The summed E-state index contributed by atoms with van der Waals surface area (Å²) >= 11 is 0. The molecule has 1 aromatic rings. The molecular weight excluding hydrogens is 258 g/mol. The first-order chi connectivity index (χ1) is 9.04. The molecule has 1 aliphatic rings. The van der Waals surface area contributed by atoms with Crippen LogP contribution < -0.4 is 5.73 Å². The second-order valence-electron chi connectivity index (χ2n) is 5.53. The van der Waals surface area contributed by atoms with E-state index in [-0.39, 0.29) is 11.8 Å². The average molecular weight is 281 g/mol. The zero-order chi connectivity index (χ0) is 13.9. The lowest BCUT2D eigenvalue weighted by Crippen LogP contribution is -2.26. The number of nitrogens with two attached hydrogens (primary N) is 1. The third-order valence-electron chi connectivity index (χ3n) is 4.17. The Morgan fingerprint density at radius 1 is 1.26 bits per heavy atom. The van der Waals surface area contributed by atoms with Crippen molar-refractivity contribution in [2.24, 2.45) is 17.6 Å². The highest BCUT2D eigenvalue weighted by atomic mass is 32.2. The van der Waals surface area contributed by atoms with Gasteiger partial charge in [-0.15, -0.1) is 0 Å². The SMILES string of the molecule is CCc1ccc(CC(CN)C2CCS(=O)(=O)C2)cc1. The second kappa shape index (κ2) is 6.06. The predicted octanol–water partition coefficient (Wildman–Crippen LogP) is 1.80. The zero-order valence-electron chi connectivity index (χ0n) is 11.5. The van der Waals surface area contributed by atoms with Crippen LogP contribution in [0.5, 0.6) is 0 Å². The molecule has 0 aromatic heterocycles. The van der Waals surface area contributed by atoms with Gasteiger partial charge in [-0.2, -0.15) is 0 Å². The summed E-state index contributed by atoms with van der Waals surface area (Å²) in [5, 5.41) is 0. The first-order valence-electron chi connectivity index (χ1n) is 7.02. The van der Waals surface area contributed by atoms with E-state index in [9.17, 15) is 8.42 Å². The van der Waals surface area contributed by atoms with Crippen molar-refractivity contribution in [3.63, 3.8) is 0 Å². The van der Waals surface area contributed by atoms with E-state index < -0.39 is 9.84 Å². The minimum absolute atomic E-state index is 0.237. The van der Waals surface area contributed by atoms with Crippen LogP contribution in [0.4, 0.5) is 0 Å².